The monoisotopic (exact) mass is 482 g/mol. The number of benzene rings is 2. The molecule has 0 unspecified atom stereocenters. The van der Waals surface area contributed by atoms with Crippen molar-refractivity contribution < 1.29 is 28.0 Å². The fourth-order valence-corrected chi connectivity index (χ4v) is 3.94. The number of amides is 2. The van der Waals surface area contributed by atoms with Crippen LogP contribution < -0.4 is 20.1 Å². The summed E-state index contributed by atoms with van der Waals surface area (Å²) in [4.78, 5) is 30.5. The van der Waals surface area contributed by atoms with Crippen molar-refractivity contribution in [3.63, 3.8) is 0 Å². The number of carbonyl (C=O) groups excluding carboxylic acids is 2. The highest BCUT2D eigenvalue weighted by atomic mass is 16.7. The van der Waals surface area contributed by atoms with E-state index in [1.165, 1.54) is 6.26 Å². The van der Waals surface area contributed by atoms with Crippen molar-refractivity contribution in [1.82, 2.24) is 10.1 Å². The molecule has 1 aliphatic heterocycles. The Hall–Kier alpha value is -5.12. The molecular weight excluding hydrogens is 464 g/mol. The minimum Gasteiger partial charge on any atom is -0.463 e. The summed E-state index contributed by atoms with van der Waals surface area (Å²) in [7, 11) is 0. The highest BCUT2D eigenvalue weighted by molar-refractivity contribution is 6.13. The van der Waals surface area contributed by atoms with Gasteiger partial charge in [-0.15, -0.1) is 0 Å². The third-order valence-corrected chi connectivity index (χ3v) is 5.65. The van der Waals surface area contributed by atoms with Gasteiger partial charge in [-0.25, -0.2) is 4.98 Å². The van der Waals surface area contributed by atoms with E-state index in [0.29, 0.717) is 56.5 Å². The molecule has 0 saturated heterocycles. The van der Waals surface area contributed by atoms with Crippen molar-refractivity contribution in [2.75, 3.05) is 17.4 Å². The number of ether oxygens (including phenoxy) is 2. The van der Waals surface area contributed by atoms with Crippen molar-refractivity contribution in [2.45, 2.75) is 6.92 Å². The maximum Gasteiger partial charge on any atom is 0.259 e. The Morgan fingerprint density at radius 3 is 2.50 bits per heavy atom. The van der Waals surface area contributed by atoms with Crippen LogP contribution in [0.15, 0.2) is 75.9 Å². The predicted molar refractivity (Wildman–Crippen MR) is 129 cm³/mol. The number of pyridine rings is 1. The van der Waals surface area contributed by atoms with Crippen LogP contribution in [0.5, 0.6) is 11.5 Å². The maximum absolute atomic E-state index is 13.3. The number of fused-ring (bicyclic) bond motifs is 2. The van der Waals surface area contributed by atoms with Gasteiger partial charge in [-0.2, -0.15) is 0 Å². The minimum absolute atomic E-state index is 0.128. The molecule has 10 nitrogen and oxygen atoms in total. The average Bonchev–Trinajstić information content (AvgIpc) is 3.65. The number of hydrogen-bond acceptors (Lipinski definition) is 8. The number of furan rings is 1. The largest absolute Gasteiger partial charge is 0.463 e. The van der Waals surface area contributed by atoms with E-state index < -0.39 is 0 Å². The average molecular weight is 482 g/mol. The molecule has 2 N–H and O–H groups in total. The first kappa shape index (κ1) is 21.4. The van der Waals surface area contributed by atoms with Gasteiger partial charge in [-0.3, -0.25) is 9.59 Å². The summed E-state index contributed by atoms with van der Waals surface area (Å²) >= 11 is 0. The number of rotatable bonds is 5. The number of aryl methyl sites for hydroxylation is 1. The standard InChI is InChI=1S/C26H18N4O6/c1-14-23-18(12-19(20-6-3-9-33-20)29-26(23)36-30-14)25(32)28-17-5-2-4-16(11-17)27-24(31)15-7-8-21-22(10-15)35-13-34-21/h2-12H,13H2,1H3,(H,27,31)(H,28,32). The zero-order valence-electron chi connectivity index (χ0n) is 18.9. The molecule has 0 atom stereocenters. The van der Waals surface area contributed by atoms with Crippen molar-refractivity contribution in [3.05, 3.63) is 83.7 Å². The number of aromatic nitrogens is 2. The van der Waals surface area contributed by atoms with Gasteiger partial charge >= 0.3 is 0 Å². The first-order chi connectivity index (χ1) is 17.5. The first-order valence-corrected chi connectivity index (χ1v) is 11.0. The lowest BCUT2D eigenvalue weighted by Gasteiger charge is -2.10. The van der Waals surface area contributed by atoms with E-state index in [0.717, 1.165) is 0 Å². The third kappa shape index (κ3) is 3.90. The quantitative estimate of drug-likeness (QED) is 0.357. The van der Waals surface area contributed by atoms with Crippen LogP contribution >= 0.6 is 0 Å². The highest BCUT2D eigenvalue weighted by Crippen LogP contribution is 2.33. The van der Waals surface area contributed by atoms with Gasteiger partial charge in [0.25, 0.3) is 17.5 Å². The summed E-state index contributed by atoms with van der Waals surface area (Å²) in [5.74, 6) is 0.898. The van der Waals surface area contributed by atoms with Crippen molar-refractivity contribution in [2.24, 2.45) is 0 Å². The lowest BCUT2D eigenvalue weighted by molar-refractivity contribution is 0.102. The molecule has 36 heavy (non-hydrogen) atoms. The molecule has 0 radical (unpaired) electrons. The number of carbonyl (C=O) groups is 2. The lowest BCUT2D eigenvalue weighted by atomic mass is 10.1. The molecule has 0 spiro atoms. The Morgan fingerprint density at radius 1 is 0.889 bits per heavy atom. The topological polar surface area (TPSA) is 129 Å². The minimum atomic E-state index is -0.388. The van der Waals surface area contributed by atoms with E-state index in [4.69, 9.17) is 18.4 Å². The van der Waals surface area contributed by atoms with Crippen molar-refractivity contribution in [1.29, 1.82) is 0 Å². The molecule has 2 aromatic carbocycles. The molecule has 0 bridgehead atoms. The molecule has 0 saturated carbocycles. The second-order valence-corrected chi connectivity index (χ2v) is 8.04. The summed E-state index contributed by atoms with van der Waals surface area (Å²) in [6, 6.07) is 16.9. The molecule has 3 aromatic heterocycles. The van der Waals surface area contributed by atoms with Crippen LogP contribution in [-0.2, 0) is 0 Å². The van der Waals surface area contributed by atoms with Crippen LogP contribution in [0.2, 0.25) is 0 Å². The fourth-order valence-electron chi connectivity index (χ4n) is 3.94. The number of nitrogens with one attached hydrogen (secondary N) is 2. The molecule has 10 heteroatoms. The van der Waals surface area contributed by atoms with Gasteiger partial charge in [0, 0.05) is 16.9 Å². The van der Waals surface area contributed by atoms with Gasteiger partial charge in [0.15, 0.2) is 17.3 Å². The molecule has 1 aliphatic rings. The lowest BCUT2D eigenvalue weighted by Crippen LogP contribution is -2.14. The van der Waals surface area contributed by atoms with E-state index in [1.54, 1.807) is 67.6 Å². The van der Waals surface area contributed by atoms with Gasteiger partial charge in [0.2, 0.25) is 6.79 Å². The normalized spacial score (nSPS) is 12.0. The Bertz CT molecular complexity index is 1620. The van der Waals surface area contributed by atoms with E-state index >= 15 is 0 Å². The number of nitrogens with zero attached hydrogens (tertiary/aromatic N) is 2. The number of anilines is 2. The van der Waals surface area contributed by atoms with Crippen LogP contribution in [0.4, 0.5) is 11.4 Å². The second-order valence-electron chi connectivity index (χ2n) is 8.04. The Labute approximate surface area is 203 Å². The zero-order valence-corrected chi connectivity index (χ0v) is 18.9. The predicted octanol–water partition coefficient (Wildman–Crippen LogP) is 5.02. The van der Waals surface area contributed by atoms with Gasteiger partial charge in [-0.05, 0) is 61.5 Å². The van der Waals surface area contributed by atoms with E-state index in [1.807, 2.05) is 0 Å². The molecule has 5 aromatic rings. The van der Waals surface area contributed by atoms with Gasteiger partial charge in [0.05, 0.1) is 22.9 Å². The van der Waals surface area contributed by atoms with Crippen LogP contribution in [0, 0.1) is 6.92 Å². The van der Waals surface area contributed by atoms with Crippen molar-refractivity contribution in [3.8, 4) is 23.0 Å². The zero-order chi connectivity index (χ0) is 24.6. The summed E-state index contributed by atoms with van der Waals surface area (Å²) in [6.45, 7) is 1.87. The Balaban J connectivity index is 1.25. The summed E-state index contributed by atoms with van der Waals surface area (Å²) in [6.07, 6.45) is 1.52. The molecule has 0 aliphatic carbocycles. The first-order valence-electron chi connectivity index (χ1n) is 11.0. The van der Waals surface area contributed by atoms with Gasteiger partial charge < -0.3 is 29.0 Å². The Kier molecular flexibility index (Phi) is 5.11. The second kappa shape index (κ2) is 8.58. The Morgan fingerprint density at radius 2 is 1.69 bits per heavy atom. The molecule has 178 valence electrons. The van der Waals surface area contributed by atoms with Crippen LogP contribution in [0.3, 0.4) is 0 Å². The van der Waals surface area contributed by atoms with Crippen LogP contribution in [0.25, 0.3) is 22.6 Å². The van der Waals surface area contributed by atoms with E-state index in [2.05, 4.69) is 20.8 Å². The summed E-state index contributed by atoms with van der Waals surface area (Å²) in [5.41, 5.74) is 2.96. The van der Waals surface area contributed by atoms with E-state index in [-0.39, 0.29) is 24.3 Å². The molecule has 4 heterocycles. The highest BCUT2D eigenvalue weighted by Gasteiger charge is 2.21. The summed E-state index contributed by atoms with van der Waals surface area (Å²) < 4.78 is 21.4. The van der Waals surface area contributed by atoms with Crippen LogP contribution in [-0.4, -0.2) is 28.7 Å². The van der Waals surface area contributed by atoms with Crippen LogP contribution in [0.1, 0.15) is 26.4 Å². The fraction of sp³-hybridized carbons (Fsp3) is 0.0769. The molecular formula is C26H18N4O6. The van der Waals surface area contributed by atoms with Gasteiger partial charge in [0.1, 0.15) is 5.69 Å². The van der Waals surface area contributed by atoms with Crippen molar-refractivity contribution >= 4 is 34.3 Å². The van der Waals surface area contributed by atoms with Gasteiger partial charge in [-0.1, -0.05) is 11.2 Å². The maximum atomic E-state index is 13.3. The SMILES string of the molecule is Cc1noc2nc(-c3ccco3)cc(C(=O)Nc3cccc(NC(=O)c4ccc5c(c4)OCO5)c3)c12. The third-order valence-electron chi connectivity index (χ3n) is 5.65. The number of hydrogen-bond donors (Lipinski definition) is 2. The smallest absolute Gasteiger partial charge is 0.259 e. The molecule has 0 fully saturated rings. The molecule has 6 rings (SSSR count). The molecule has 2 amide bonds. The summed E-state index contributed by atoms with van der Waals surface area (Å²) in [5, 5.41) is 10.2. The van der Waals surface area contributed by atoms with E-state index in [9.17, 15) is 9.59 Å².